The van der Waals surface area contributed by atoms with Gasteiger partial charge in [0.05, 0.1) is 6.04 Å². The first-order valence-electron chi connectivity index (χ1n) is 6.85. The smallest absolute Gasteiger partial charge is 0.120 e. The quantitative estimate of drug-likeness (QED) is 0.747. The summed E-state index contributed by atoms with van der Waals surface area (Å²) < 4.78 is 6.90. The third-order valence-electron chi connectivity index (χ3n) is 3.43. The number of hydrogen-bond donors (Lipinski definition) is 1. The van der Waals surface area contributed by atoms with E-state index in [4.69, 9.17) is 10.5 Å². The van der Waals surface area contributed by atoms with Crippen LogP contribution >= 0.6 is 15.9 Å². The van der Waals surface area contributed by atoms with Gasteiger partial charge in [-0.05, 0) is 40.6 Å². The van der Waals surface area contributed by atoms with Crippen LogP contribution in [0, 0.1) is 0 Å². The molecule has 0 spiro atoms. The highest BCUT2D eigenvalue weighted by atomic mass is 79.9. The molecule has 3 aromatic rings. The maximum absolute atomic E-state index is 6.14. The molecule has 0 aromatic heterocycles. The maximum atomic E-state index is 6.14. The molecule has 3 aromatic carbocycles. The number of fused-ring (bicyclic) bond motifs is 1. The van der Waals surface area contributed by atoms with E-state index in [0.29, 0.717) is 6.61 Å². The Labute approximate surface area is 132 Å². The van der Waals surface area contributed by atoms with Crippen molar-refractivity contribution in [2.24, 2.45) is 5.73 Å². The largest absolute Gasteiger partial charge is 0.492 e. The van der Waals surface area contributed by atoms with Crippen molar-refractivity contribution in [1.82, 2.24) is 0 Å². The molecule has 1 unspecified atom stereocenters. The van der Waals surface area contributed by atoms with Gasteiger partial charge in [-0.3, -0.25) is 0 Å². The molecule has 0 aliphatic heterocycles. The summed E-state index contributed by atoms with van der Waals surface area (Å²) in [6.07, 6.45) is 0. The molecule has 0 saturated carbocycles. The Balaban J connectivity index is 1.72. The summed E-state index contributed by atoms with van der Waals surface area (Å²) in [6, 6.07) is 22.2. The van der Waals surface area contributed by atoms with Crippen molar-refractivity contribution in [3.05, 3.63) is 76.8 Å². The number of halogens is 1. The first-order chi connectivity index (χ1) is 10.2. The number of nitrogens with two attached hydrogens (primary N) is 1. The molecular formula is C18H16BrNO. The lowest BCUT2D eigenvalue weighted by molar-refractivity contribution is 0.291. The molecule has 0 fully saturated rings. The van der Waals surface area contributed by atoms with Gasteiger partial charge < -0.3 is 10.5 Å². The Morgan fingerprint density at radius 2 is 1.62 bits per heavy atom. The van der Waals surface area contributed by atoms with E-state index in [1.165, 1.54) is 5.39 Å². The normalized spacial score (nSPS) is 12.3. The van der Waals surface area contributed by atoms with E-state index in [-0.39, 0.29) is 6.04 Å². The van der Waals surface area contributed by atoms with Crippen LogP contribution in [0.5, 0.6) is 5.75 Å². The molecule has 0 saturated heterocycles. The fourth-order valence-electron chi connectivity index (χ4n) is 2.27. The monoisotopic (exact) mass is 341 g/mol. The SMILES string of the molecule is NC(COc1ccc2cc(Br)ccc2c1)c1ccccc1. The van der Waals surface area contributed by atoms with Crippen LogP contribution in [0.4, 0.5) is 0 Å². The number of hydrogen-bond acceptors (Lipinski definition) is 2. The zero-order valence-corrected chi connectivity index (χ0v) is 13.1. The van der Waals surface area contributed by atoms with Gasteiger partial charge >= 0.3 is 0 Å². The van der Waals surface area contributed by atoms with E-state index in [0.717, 1.165) is 21.2 Å². The molecule has 1 atom stereocenters. The summed E-state index contributed by atoms with van der Waals surface area (Å²) in [5.41, 5.74) is 7.23. The number of benzene rings is 3. The van der Waals surface area contributed by atoms with Gasteiger partial charge in [-0.25, -0.2) is 0 Å². The van der Waals surface area contributed by atoms with Crippen LogP contribution in [0.15, 0.2) is 71.2 Å². The lowest BCUT2D eigenvalue weighted by Gasteiger charge is -2.14. The molecule has 0 amide bonds. The first kappa shape index (κ1) is 14.1. The lowest BCUT2D eigenvalue weighted by Crippen LogP contribution is -2.18. The third kappa shape index (κ3) is 3.43. The van der Waals surface area contributed by atoms with Gasteiger partial charge in [0.15, 0.2) is 0 Å². The minimum atomic E-state index is -0.119. The summed E-state index contributed by atoms with van der Waals surface area (Å²) in [7, 11) is 0. The second kappa shape index (κ2) is 6.29. The molecule has 2 nitrogen and oxygen atoms in total. The van der Waals surface area contributed by atoms with Crippen LogP contribution in [-0.2, 0) is 0 Å². The second-order valence-corrected chi connectivity index (χ2v) is 5.90. The lowest BCUT2D eigenvalue weighted by atomic mass is 10.1. The van der Waals surface area contributed by atoms with E-state index >= 15 is 0 Å². The van der Waals surface area contributed by atoms with Crippen LogP contribution in [-0.4, -0.2) is 6.61 Å². The first-order valence-corrected chi connectivity index (χ1v) is 7.64. The number of ether oxygens (including phenoxy) is 1. The summed E-state index contributed by atoms with van der Waals surface area (Å²) in [4.78, 5) is 0. The van der Waals surface area contributed by atoms with Crippen molar-refractivity contribution >= 4 is 26.7 Å². The van der Waals surface area contributed by atoms with Crippen molar-refractivity contribution < 1.29 is 4.74 Å². The van der Waals surface area contributed by atoms with Crippen LogP contribution in [0.25, 0.3) is 10.8 Å². The standard InChI is InChI=1S/C18H16BrNO/c19-16-8-6-15-11-17(9-7-14(15)10-16)21-12-18(20)13-4-2-1-3-5-13/h1-11,18H,12,20H2. The fraction of sp³-hybridized carbons (Fsp3) is 0.111. The molecule has 0 bridgehead atoms. The van der Waals surface area contributed by atoms with Gasteiger partial charge in [0.2, 0.25) is 0 Å². The van der Waals surface area contributed by atoms with E-state index in [2.05, 4.69) is 34.1 Å². The van der Waals surface area contributed by atoms with Crippen molar-refractivity contribution in [2.45, 2.75) is 6.04 Å². The number of rotatable bonds is 4. The molecule has 0 aliphatic rings. The van der Waals surface area contributed by atoms with E-state index in [1.54, 1.807) is 0 Å². The molecular weight excluding hydrogens is 326 g/mol. The van der Waals surface area contributed by atoms with Gasteiger partial charge in [-0.2, -0.15) is 0 Å². The van der Waals surface area contributed by atoms with Gasteiger partial charge in [-0.15, -0.1) is 0 Å². The van der Waals surface area contributed by atoms with Crippen LogP contribution in [0.2, 0.25) is 0 Å². The molecule has 0 heterocycles. The maximum Gasteiger partial charge on any atom is 0.120 e. The molecule has 106 valence electrons. The minimum Gasteiger partial charge on any atom is -0.492 e. The van der Waals surface area contributed by atoms with Crippen molar-refractivity contribution in [2.75, 3.05) is 6.61 Å². The molecule has 0 radical (unpaired) electrons. The highest BCUT2D eigenvalue weighted by Gasteiger charge is 2.06. The van der Waals surface area contributed by atoms with Crippen LogP contribution < -0.4 is 10.5 Å². The zero-order valence-electron chi connectivity index (χ0n) is 11.5. The van der Waals surface area contributed by atoms with Gasteiger partial charge in [0.1, 0.15) is 12.4 Å². The van der Waals surface area contributed by atoms with Crippen molar-refractivity contribution in [3.63, 3.8) is 0 Å². The predicted molar refractivity (Wildman–Crippen MR) is 90.5 cm³/mol. The van der Waals surface area contributed by atoms with E-state index < -0.39 is 0 Å². The van der Waals surface area contributed by atoms with Gasteiger partial charge in [0.25, 0.3) is 0 Å². The molecule has 0 aliphatic carbocycles. The Morgan fingerprint density at radius 3 is 2.43 bits per heavy atom. The summed E-state index contributed by atoms with van der Waals surface area (Å²) in [5, 5.41) is 2.34. The Hall–Kier alpha value is -1.84. The molecule has 21 heavy (non-hydrogen) atoms. The second-order valence-electron chi connectivity index (χ2n) is 4.98. The van der Waals surface area contributed by atoms with Crippen LogP contribution in [0.1, 0.15) is 11.6 Å². The average molecular weight is 342 g/mol. The van der Waals surface area contributed by atoms with Crippen LogP contribution in [0.3, 0.4) is 0 Å². The summed E-state index contributed by atoms with van der Waals surface area (Å²) in [5.74, 6) is 0.844. The predicted octanol–water partition coefficient (Wildman–Crippen LogP) is 4.68. The molecule has 3 heteroatoms. The highest BCUT2D eigenvalue weighted by Crippen LogP contribution is 2.24. The topological polar surface area (TPSA) is 35.2 Å². The highest BCUT2D eigenvalue weighted by molar-refractivity contribution is 9.10. The summed E-state index contributed by atoms with van der Waals surface area (Å²) >= 11 is 3.48. The average Bonchev–Trinajstić information content (AvgIpc) is 2.53. The molecule has 2 N–H and O–H groups in total. The minimum absolute atomic E-state index is 0.119. The van der Waals surface area contributed by atoms with Crippen molar-refractivity contribution in [1.29, 1.82) is 0 Å². The van der Waals surface area contributed by atoms with Gasteiger partial charge in [-0.1, -0.05) is 58.4 Å². The van der Waals surface area contributed by atoms with Crippen molar-refractivity contribution in [3.8, 4) is 5.75 Å². The Bertz CT molecular complexity index is 743. The third-order valence-corrected chi connectivity index (χ3v) is 3.92. The Kier molecular flexibility index (Phi) is 4.23. The fourth-order valence-corrected chi connectivity index (χ4v) is 2.65. The Morgan fingerprint density at radius 1 is 0.905 bits per heavy atom. The van der Waals surface area contributed by atoms with E-state index in [9.17, 15) is 0 Å². The summed E-state index contributed by atoms with van der Waals surface area (Å²) in [6.45, 7) is 0.464. The van der Waals surface area contributed by atoms with E-state index in [1.807, 2.05) is 48.5 Å². The molecule has 3 rings (SSSR count). The zero-order chi connectivity index (χ0) is 14.7. The van der Waals surface area contributed by atoms with Gasteiger partial charge in [0, 0.05) is 4.47 Å².